The van der Waals surface area contributed by atoms with Crippen molar-refractivity contribution in [3.63, 3.8) is 0 Å². The molecule has 0 radical (unpaired) electrons. The van der Waals surface area contributed by atoms with Gasteiger partial charge in [-0.25, -0.2) is 0 Å². The lowest BCUT2D eigenvalue weighted by Gasteiger charge is -1.93. The smallest absolute Gasteiger partial charge is 0.141 e. The monoisotopic (exact) mass is 152 g/mol. The predicted octanol–water partition coefficient (Wildman–Crippen LogP) is 1.98. The molecule has 0 aliphatic carbocycles. The summed E-state index contributed by atoms with van der Waals surface area (Å²) in [5, 5.41) is 9.13. The highest BCUT2D eigenvalue weighted by Crippen LogP contribution is 2.13. The molecule has 0 atom stereocenters. The van der Waals surface area contributed by atoms with Crippen LogP contribution in [0.2, 0.25) is 0 Å². The van der Waals surface area contributed by atoms with Gasteiger partial charge < -0.3 is 11.3 Å². The molecule has 0 aliphatic heterocycles. The average Bonchev–Trinajstić information content (AvgIpc) is 1.94. The van der Waals surface area contributed by atoms with Crippen LogP contribution in [0.3, 0.4) is 0 Å². The molecule has 0 saturated heterocycles. The first-order chi connectivity index (χ1) is 4.84. The zero-order valence-electron chi connectivity index (χ0n) is 6.49. The molecular formula is C8H12N2O. The summed E-state index contributed by atoms with van der Waals surface area (Å²) >= 11 is 0. The van der Waals surface area contributed by atoms with E-state index >= 15 is 0 Å². The van der Waals surface area contributed by atoms with E-state index in [9.17, 15) is 0 Å². The van der Waals surface area contributed by atoms with Crippen LogP contribution in [0.5, 0.6) is 5.75 Å². The minimum atomic E-state index is 0. The molecule has 0 saturated carbocycles. The Morgan fingerprint density at radius 1 is 1.55 bits per heavy atom. The van der Waals surface area contributed by atoms with Crippen molar-refractivity contribution < 1.29 is 5.11 Å². The van der Waals surface area contributed by atoms with E-state index in [0.717, 1.165) is 0 Å². The van der Waals surface area contributed by atoms with Crippen LogP contribution in [0.25, 0.3) is 6.08 Å². The Kier molecular flexibility index (Phi) is 3.92. The van der Waals surface area contributed by atoms with Crippen LogP contribution in [0.4, 0.5) is 0 Å². The van der Waals surface area contributed by atoms with E-state index in [1.165, 1.54) is 0 Å². The minimum absolute atomic E-state index is 0. The fourth-order valence-corrected chi connectivity index (χ4v) is 0.695. The summed E-state index contributed by atoms with van der Waals surface area (Å²) in [4.78, 5) is 3.93. The van der Waals surface area contributed by atoms with E-state index in [2.05, 4.69) is 4.98 Å². The number of pyridine rings is 1. The molecule has 0 spiro atoms. The molecule has 0 aliphatic rings. The van der Waals surface area contributed by atoms with E-state index in [-0.39, 0.29) is 11.9 Å². The summed E-state index contributed by atoms with van der Waals surface area (Å²) in [6, 6.07) is 3.31. The molecule has 3 nitrogen and oxygen atoms in total. The molecule has 1 rings (SSSR count). The molecule has 3 heteroatoms. The van der Waals surface area contributed by atoms with Crippen molar-refractivity contribution in [2.24, 2.45) is 0 Å². The third kappa shape index (κ3) is 2.39. The van der Waals surface area contributed by atoms with E-state index < -0.39 is 0 Å². The number of hydrogen-bond donors (Lipinski definition) is 2. The minimum Gasteiger partial charge on any atom is -0.506 e. The second kappa shape index (κ2) is 4.46. The number of aromatic nitrogens is 1. The second-order valence-electron chi connectivity index (χ2n) is 1.91. The van der Waals surface area contributed by atoms with Crippen LogP contribution < -0.4 is 6.15 Å². The third-order valence-corrected chi connectivity index (χ3v) is 1.14. The van der Waals surface area contributed by atoms with Crippen molar-refractivity contribution in [2.45, 2.75) is 6.92 Å². The lowest BCUT2D eigenvalue weighted by atomic mass is 10.3. The Bertz CT molecular complexity index is 246. The zero-order chi connectivity index (χ0) is 7.40. The SMILES string of the molecule is C/C=C\c1ncccc1O.N. The number of allylic oxidation sites excluding steroid dienone is 1. The molecule has 1 aromatic rings. The number of hydrogen-bond acceptors (Lipinski definition) is 3. The molecule has 1 heterocycles. The fourth-order valence-electron chi connectivity index (χ4n) is 0.695. The van der Waals surface area contributed by atoms with Crippen molar-refractivity contribution in [3.8, 4) is 5.75 Å². The quantitative estimate of drug-likeness (QED) is 0.646. The van der Waals surface area contributed by atoms with Gasteiger partial charge in [0.2, 0.25) is 0 Å². The Morgan fingerprint density at radius 3 is 2.82 bits per heavy atom. The van der Waals surface area contributed by atoms with Gasteiger partial charge in [-0.3, -0.25) is 4.98 Å². The van der Waals surface area contributed by atoms with Gasteiger partial charge in [0.05, 0.1) is 0 Å². The van der Waals surface area contributed by atoms with E-state index in [1.54, 1.807) is 24.4 Å². The van der Waals surface area contributed by atoms with Gasteiger partial charge in [-0.15, -0.1) is 0 Å². The molecule has 0 aromatic carbocycles. The molecular weight excluding hydrogens is 140 g/mol. The summed E-state index contributed by atoms with van der Waals surface area (Å²) < 4.78 is 0. The van der Waals surface area contributed by atoms with Crippen molar-refractivity contribution in [3.05, 3.63) is 30.1 Å². The highest BCUT2D eigenvalue weighted by Gasteiger charge is 1.92. The Labute approximate surface area is 66.0 Å². The Hall–Kier alpha value is -1.35. The Morgan fingerprint density at radius 2 is 2.27 bits per heavy atom. The summed E-state index contributed by atoms with van der Waals surface area (Å²) in [6.07, 6.45) is 5.24. The number of rotatable bonds is 1. The van der Waals surface area contributed by atoms with Gasteiger partial charge in [-0.05, 0) is 25.1 Å². The topological polar surface area (TPSA) is 68.1 Å². The summed E-state index contributed by atoms with van der Waals surface area (Å²) in [6.45, 7) is 1.88. The summed E-state index contributed by atoms with van der Waals surface area (Å²) in [5.74, 6) is 0.223. The van der Waals surface area contributed by atoms with Crippen LogP contribution in [0.1, 0.15) is 12.6 Å². The molecule has 11 heavy (non-hydrogen) atoms. The van der Waals surface area contributed by atoms with Crippen LogP contribution in [-0.2, 0) is 0 Å². The maximum absolute atomic E-state index is 9.13. The van der Waals surface area contributed by atoms with Gasteiger partial charge in [0.15, 0.2) is 0 Å². The van der Waals surface area contributed by atoms with Crippen molar-refractivity contribution in [1.82, 2.24) is 11.1 Å². The fraction of sp³-hybridized carbons (Fsp3) is 0.125. The second-order valence-corrected chi connectivity index (χ2v) is 1.91. The normalized spacial score (nSPS) is 9.55. The molecule has 4 N–H and O–H groups in total. The maximum atomic E-state index is 9.13. The maximum Gasteiger partial charge on any atom is 0.141 e. The largest absolute Gasteiger partial charge is 0.506 e. The first kappa shape index (κ1) is 9.65. The summed E-state index contributed by atoms with van der Waals surface area (Å²) in [5.41, 5.74) is 0.616. The first-order valence-corrected chi connectivity index (χ1v) is 3.11. The van der Waals surface area contributed by atoms with Gasteiger partial charge in [-0.2, -0.15) is 0 Å². The van der Waals surface area contributed by atoms with Gasteiger partial charge in [0.1, 0.15) is 11.4 Å². The number of nitrogens with zero attached hydrogens (tertiary/aromatic N) is 1. The Balaban J connectivity index is 0.000001000. The van der Waals surface area contributed by atoms with Gasteiger partial charge in [0.25, 0.3) is 0 Å². The van der Waals surface area contributed by atoms with Crippen molar-refractivity contribution >= 4 is 6.08 Å². The van der Waals surface area contributed by atoms with Crippen LogP contribution in [0, 0.1) is 0 Å². The highest BCUT2D eigenvalue weighted by atomic mass is 16.3. The lowest BCUT2D eigenvalue weighted by Crippen LogP contribution is -1.78. The molecule has 0 amide bonds. The van der Waals surface area contributed by atoms with Gasteiger partial charge in [0, 0.05) is 6.20 Å². The van der Waals surface area contributed by atoms with Crippen molar-refractivity contribution in [2.75, 3.05) is 0 Å². The predicted molar refractivity (Wildman–Crippen MR) is 45.6 cm³/mol. The van der Waals surface area contributed by atoms with Crippen LogP contribution >= 0.6 is 0 Å². The van der Waals surface area contributed by atoms with E-state index in [1.807, 2.05) is 13.0 Å². The molecule has 0 bridgehead atoms. The molecule has 1 aromatic heterocycles. The van der Waals surface area contributed by atoms with Crippen LogP contribution in [0.15, 0.2) is 24.4 Å². The molecule has 0 unspecified atom stereocenters. The molecule has 0 fully saturated rings. The molecule has 60 valence electrons. The van der Waals surface area contributed by atoms with E-state index in [0.29, 0.717) is 5.69 Å². The average molecular weight is 152 g/mol. The van der Waals surface area contributed by atoms with Gasteiger partial charge >= 0.3 is 0 Å². The highest BCUT2D eigenvalue weighted by molar-refractivity contribution is 5.51. The number of aromatic hydroxyl groups is 1. The zero-order valence-corrected chi connectivity index (χ0v) is 6.49. The standard InChI is InChI=1S/C8H9NO.H3N/c1-2-4-7-8(10)5-3-6-9-7;/h2-6,10H,1H3;1H3/b4-2-;. The third-order valence-electron chi connectivity index (χ3n) is 1.14. The first-order valence-electron chi connectivity index (χ1n) is 3.11. The van der Waals surface area contributed by atoms with Crippen LogP contribution in [-0.4, -0.2) is 10.1 Å². The lowest BCUT2D eigenvalue weighted by molar-refractivity contribution is 0.471. The van der Waals surface area contributed by atoms with Crippen molar-refractivity contribution in [1.29, 1.82) is 0 Å². The van der Waals surface area contributed by atoms with E-state index in [4.69, 9.17) is 5.11 Å². The summed E-state index contributed by atoms with van der Waals surface area (Å²) in [7, 11) is 0. The van der Waals surface area contributed by atoms with Gasteiger partial charge in [-0.1, -0.05) is 6.08 Å².